The number of anilines is 1. The first-order valence-corrected chi connectivity index (χ1v) is 6.01. The molecule has 2 N–H and O–H groups in total. The van der Waals surface area contributed by atoms with Gasteiger partial charge in [-0.2, -0.15) is 0 Å². The van der Waals surface area contributed by atoms with Gasteiger partial charge in [0.05, 0.1) is 22.9 Å². The van der Waals surface area contributed by atoms with Gasteiger partial charge in [0.15, 0.2) is 0 Å². The summed E-state index contributed by atoms with van der Waals surface area (Å²) >= 11 is 1.43. The summed E-state index contributed by atoms with van der Waals surface area (Å²) < 4.78 is 0. The molecule has 0 aliphatic carbocycles. The topological polar surface area (TPSA) is 64.7 Å². The van der Waals surface area contributed by atoms with Crippen molar-refractivity contribution in [3.8, 4) is 10.7 Å². The van der Waals surface area contributed by atoms with E-state index in [4.69, 9.17) is 5.73 Å². The summed E-state index contributed by atoms with van der Waals surface area (Å²) in [6, 6.07) is 7.81. The van der Waals surface area contributed by atoms with Crippen molar-refractivity contribution >= 4 is 27.4 Å². The van der Waals surface area contributed by atoms with Gasteiger partial charge in [-0.25, -0.2) is 15.0 Å². The van der Waals surface area contributed by atoms with Crippen molar-refractivity contribution in [3.63, 3.8) is 0 Å². The minimum Gasteiger partial charge on any atom is -0.389 e. The smallest absolute Gasteiger partial charge is 0.145 e. The number of benzene rings is 1. The number of hydrogen-bond acceptors (Lipinski definition) is 5. The Hall–Kier alpha value is -2.01. The van der Waals surface area contributed by atoms with Gasteiger partial charge in [0.1, 0.15) is 15.7 Å². The van der Waals surface area contributed by atoms with Crippen LogP contribution in [0.25, 0.3) is 21.7 Å². The molecule has 0 saturated carbocycles. The van der Waals surface area contributed by atoms with Crippen LogP contribution in [0.5, 0.6) is 0 Å². The highest BCUT2D eigenvalue weighted by Crippen LogP contribution is 2.27. The number of rotatable bonds is 1. The number of nitrogens with two attached hydrogens (primary N) is 1. The summed E-state index contributed by atoms with van der Waals surface area (Å²) in [5.41, 5.74) is 9.15. The second-order valence-corrected chi connectivity index (χ2v) is 4.78. The quantitative estimate of drug-likeness (QED) is 0.712. The number of nitrogens with zero attached hydrogens (tertiary/aromatic N) is 3. The van der Waals surface area contributed by atoms with E-state index < -0.39 is 0 Å². The van der Waals surface area contributed by atoms with E-state index in [1.807, 2.05) is 31.2 Å². The minimum absolute atomic E-state index is 0.689. The molecule has 3 rings (SSSR count). The molecule has 2 heterocycles. The molecule has 0 atom stereocenters. The van der Waals surface area contributed by atoms with Gasteiger partial charge in [-0.05, 0) is 19.1 Å². The number of nitrogen functional groups attached to an aromatic ring is 1. The molecule has 0 radical (unpaired) electrons. The zero-order chi connectivity index (χ0) is 11.8. The van der Waals surface area contributed by atoms with Gasteiger partial charge < -0.3 is 5.73 Å². The van der Waals surface area contributed by atoms with Crippen molar-refractivity contribution in [1.82, 2.24) is 15.0 Å². The number of fused-ring (bicyclic) bond motifs is 1. The molecule has 0 unspecified atom stereocenters. The third-order valence-corrected chi connectivity index (χ3v) is 3.30. The SMILES string of the molecule is Cc1nc2ccccc2nc1-c1ncc(N)s1. The first-order chi connectivity index (χ1) is 8.24. The minimum atomic E-state index is 0.689. The molecule has 0 fully saturated rings. The number of aryl methyl sites for hydroxylation is 1. The van der Waals surface area contributed by atoms with E-state index >= 15 is 0 Å². The fourth-order valence-corrected chi connectivity index (χ4v) is 2.41. The van der Waals surface area contributed by atoms with Crippen molar-refractivity contribution in [1.29, 1.82) is 0 Å². The van der Waals surface area contributed by atoms with Gasteiger partial charge in [0.2, 0.25) is 0 Å². The Morgan fingerprint density at radius 3 is 2.47 bits per heavy atom. The Morgan fingerprint density at radius 1 is 1.12 bits per heavy atom. The Balaban J connectivity index is 2.26. The number of aromatic nitrogens is 3. The monoisotopic (exact) mass is 242 g/mol. The summed E-state index contributed by atoms with van der Waals surface area (Å²) in [5.74, 6) is 0. The third-order valence-electron chi connectivity index (χ3n) is 2.47. The Bertz CT molecular complexity index is 690. The number of para-hydroxylation sites is 2. The van der Waals surface area contributed by atoms with Crippen molar-refractivity contribution in [2.24, 2.45) is 0 Å². The summed E-state index contributed by atoms with van der Waals surface area (Å²) in [6.07, 6.45) is 1.65. The molecule has 17 heavy (non-hydrogen) atoms. The fraction of sp³-hybridized carbons (Fsp3) is 0.0833. The average Bonchev–Trinajstić information content (AvgIpc) is 2.75. The highest BCUT2D eigenvalue weighted by Gasteiger charge is 2.10. The molecular formula is C12H10N4S. The van der Waals surface area contributed by atoms with E-state index in [2.05, 4.69) is 15.0 Å². The number of hydrogen-bond donors (Lipinski definition) is 1. The van der Waals surface area contributed by atoms with Crippen LogP contribution in [0.2, 0.25) is 0 Å². The molecular weight excluding hydrogens is 232 g/mol. The largest absolute Gasteiger partial charge is 0.389 e. The Kier molecular flexibility index (Phi) is 2.26. The van der Waals surface area contributed by atoms with Crippen LogP contribution >= 0.6 is 11.3 Å². The predicted molar refractivity (Wildman–Crippen MR) is 69.8 cm³/mol. The Morgan fingerprint density at radius 2 is 1.82 bits per heavy atom. The van der Waals surface area contributed by atoms with E-state index in [0.29, 0.717) is 5.00 Å². The molecule has 4 nitrogen and oxygen atoms in total. The molecule has 3 aromatic rings. The predicted octanol–water partition coefficient (Wildman–Crippen LogP) is 2.64. The van der Waals surface area contributed by atoms with Crippen molar-refractivity contribution < 1.29 is 0 Å². The van der Waals surface area contributed by atoms with E-state index in [-0.39, 0.29) is 0 Å². The molecule has 5 heteroatoms. The van der Waals surface area contributed by atoms with Gasteiger partial charge in [0.25, 0.3) is 0 Å². The summed E-state index contributed by atoms with van der Waals surface area (Å²) in [7, 11) is 0. The van der Waals surface area contributed by atoms with E-state index in [9.17, 15) is 0 Å². The molecule has 0 spiro atoms. The molecule has 0 bridgehead atoms. The van der Waals surface area contributed by atoms with Crippen LogP contribution in [-0.4, -0.2) is 15.0 Å². The molecule has 2 aromatic heterocycles. The van der Waals surface area contributed by atoms with Crippen LogP contribution in [0.4, 0.5) is 5.00 Å². The standard InChI is InChI=1S/C12H10N4S/c1-7-11(12-14-6-10(13)17-12)16-9-5-3-2-4-8(9)15-7/h2-6H,13H2,1H3. The summed E-state index contributed by atoms with van der Waals surface area (Å²) in [5, 5.41) is 1.51. The van der Waals surface area contributed by atoms with E-state index in [1.54, 1.807) is 6.20 Å². The maximum absolute atomic E-state index is 5.69. The van der Waals surface area contributed by atoms with Crippen LogP contribution in [0.1, 0.15) is 5.69 Å². The zero-order valence-electron chi connectivity index (χ0n) is 9.21. The van der Waals surface area contributed by atoms with Crippen molar-refractivity contribution in [2.45, 2.75) is 6.92 Å². The maximum atomic E-state index is 5.69. The van der Waals surface area contributed by atoms with Crippen molar-refractivity contribution in [3.05, 3.63) is 36.2 Å². The van der Waals surface area contributed by atoms with Gasteiger partial charge >= 0.3 is 0 Å². The second kappa shape index (κ2) is 3.78. The fourth-order valence-electron chi connectivity index (χ4n) is 1.69. The highest BCUT2D eigenvalue weighted by molar-refractivity contribution is 7.18. The normalized spacial score (nSPS) is 10.9. The van der Waals surface area contributed by atoms with E-state index in [0.717, 1.165) is 27.4 Å². The van der Waals surface area contributed by atoms with Gasteiger partial charge in [-0.15, -0.1) is 0 Å². The first kappa shape index (κ1) is 10.2. The lowest BCUT2D eigenvalue weighted by Gasteiger charge is -2.03. The van der Waals surface area contributed by atoms with Gasteiger partial charge in [-0.1, -0.05) is 23.5 Å². The maximum Gasteiger partial charge on any atom is 0.145 e. The zero-order valence-corrected chi connectivity index (χ0v) is 10.0. The lowest BCUT2D eigenvalue weighted by Crippen LogP contribution is -1.93. The van der Waals surface area contributed by atoms with Crippen LogP contribution in [-0.2, 0) is 0 Å². The third kappa shape index (κ3) is 1.74. The first-order valence-electron chi connectivity index (χ1n) is 5.19. The van der Waals surface area contributed by atoms with E-state index in [1.165, 1.54) is 11.3 Å². The molecule has 0 saturated heterocycles. The van der Waals surface area contributed by atoms with Crippen LogP contribution in [0.15, 0.2) is 30.5 Å². The number of thiazole rings is 1. The van der Waals surface area contributed by atoms with Crippen LogP contribution in [0, 0.1) is 6.92 Å². The van der Waals surface area contributed by atoms with Crippen LogP contribution < -0.4 is 5.73 Å². The molecule has 0 aliphatic rings. The van der Waals surface area contributed by atoms with Crippen LogP contribution in [0.3, 0.4) is 0 Å². The Labute approximate surface area is 102 Å². The second-order valence-electron chi connectivity index (χ2n) is 3.71. The molecule has 0 amide bonds. The lowest BCUT2D eigenvalue weighted by molar-refractivity contribution is 1.18. The lowest BCUT2D eigenvalue weighted by atomic mass is 10.2. The molecule has 0 aliphatic heterocycles. The average molecular weight is 242 g/mol. The van der Waals surface area contributed by atoms with Gasteiger partial charge in [-0.3, -0.25) is 0 Å². The van der Waals surface area contributed by atoms with Gasteiger partial charge in [0, 0.05) is 0 Å². The summed E-state index contributed by atoms with van der Waals surface area (Å²) in [4.78, 5) is 13.4. The summed E-state index contributed by atoms with van der Waals surface area (Å²) in [6.45, 7) is 1.94. The van der Waals surface area contributed by atoms with Crippen molar-refractivity contribution in [2.75, 3.05) is 5.73 Å². The molecule has 84 valence electrons. The molecule has 1 aromatic carbocycles. The highest BCUT2D eigenvalue weighted by atomic mass is 32.1.